The van der Waals surface area contributed by atoms with Gasteiger partial charge in [-0.15, -0.1) is 23.5 Å². The highest BCUT2D eigenvalue weighted by molar-refractivity contribution is 7.98. The first-order valence-corrected chi connectivity index (χ1v) is 12.9. The van der Waals surface area contributed by atoms with E-state index in [0.29, 0.717) is 0 Å². The molecule has 4 rings (SSSR count). The van der Waals surface area contributed by atoms with Crippen molar-refractivity contribution < 1.29 is 0 Å². The summed E-state index contributed by atoms with van der Waals surface area (Å²) < 4.78 is 0. The van der Waals surface area contributed by atoms with Crippen LogP contribution >= 0.6 is 23.5 Å². The van der Waals surface area contributed by atoms with Gasteiger partial charge in [-0.25, -0.2) is 9.97 Å². The van der Waals surface area contributed by atoms with Crippen molar-refractivity contribution in [2.24, 2.45) is 0 Å². The van der Waals surface area contributed by atoms with Gasteiger partial charge in [-0.2, -0.15) is 0 Å². The molecule has 2 aromatic heterocycles. The van der Waals surface area contributed by atoms with Crippen LogP contribution in [0.25, 0.3) is 11.4 Å². The Kier molecular flexibility index (Phi) is 6.44. The molecule has 0 saturated heterocycles. The number of hydrogen-bond acceptors (Lipinski definition) is 4. The number of thioether (sulfide) groups is 2. The van der Waals surface area contributed by atoms with Gasteiger partial charge >= 0.3 is 0 Å². The minimum atomic E-state index is 1.08. The van der Waals surface area contributed by atoms with Crippen molar-refractivity contribution in [3.8, 4) is 11.4 Å². The van der Waals surface area contributed by atoms with Crippen molar-refractivity contribution in [2.75, 3.05) is 12.5 Å². The van der Waals surface area contributed by atoms with E-state index in [1.165, 1.54) is 103 Å². The van der Waals surface area contributed by atoms with Crippen LogP contribution in [0.3, 0.4) is 0 Å². The summed E-state index contributed by atoms with van der Waals surface area (Å²) in [7, 11) is 0. The highest BCUT2D eigenvalue weighted by atomic mass is 32.2. The fraction of sp³-hybridized carbons (Fsp3) is 0.565. The zero-order chi connectivity index (χ0) is 18.6. The summed E-state index contributed by atoms with van der Waals surface area (Å²) >= 11 is 3.61. The van der Waals surface area contributed by atoms with E-state index in [4.69, 9.17) is 9.97 Å². The van der Waals surface area contributed by atoms with Crippen molar-refractivity contribution in [1.29, 1.82) is 0 Å². The van der Waals surface area contributed by atoms with Crippen LogP contribution in [0.15, 0.2) is 22.2 Å². The molecule has 0 N–H and O–H groups in total. The summed E-state index contributed by atoms with van der Waals surface area (Å²) in [6.45, 7) is 0. The number of rotatable bonds is 3. The predicted molar refractivity (Wildman–Crippen MR) is 118 cm³/mol. The first-order chi connectivity index (χ1) is 13.3. The highest BCUT2D eigenvalue weighted by Crippen LogP contribution is 2.34. The molecule has 0 bridgehead atoms. The van der Waals surface area contributed by atoms with Crippen molar-refractivity contribution in [1.82, 2.24) is 9.97 Å². The van der Waals surface area contributed by atoms with Crippen LogP contribution in [0.2, 0.25) is 0 Å². The summed E-state index contributed by atoms with van der Waals surface area (Å²) in [5.74, 6) is 0. The SMILES string of the molecule is CSc1nc(-c2cc3c(c(SC)n2)CCCCC3)cc2c1CCCCCC2. The normalized spacial score (nSPS) is 17.4. The third-order valence-corrected chi connectivity index (χ3v) is 7.45. The standard InChI is InChI=1S/C23H30N2S2/c1-26-22-18-12-8-4-3-6-10-16(18)14-20(24-22)21-15-17-11-7-5-9-13-19(17)23(25-21)27-2/h14-15H,3-13H2,1-2H3. The quantitative estimate of drug-likeness (QED) is 0.434. The van der Waals surface area contributed by atoms with Gasteiger partial charge in [0.25, 0.3) is 0 Å². The molecule has 4 heteroatoms. The summed E-state index contributed by atoms with van der Waals surface area (Å²) in [5, 5.41) is 2.45. The lowest BCUT2D eigenvalue weighted by molar-refractivity contribution is 0.609. The average molecular weight is 399 g/mol. The third-order valence-electron chi connectivity index (χ3n) is 6.00. The molecule has 2 aliphatic carbocycles. The van der Waals surface area contributed by atoms with E-state index in [0.717, 1.165) is 11.4 Å². The zero-order valence-corrected chi connectivity index (χ0v) is 18.3. The molecule has 0 spiro atoms. The van der Waals surface area contributed by atoms with Gasteiger partial charge in [0.05, 0.1) is 21.4 Å². The van der Waals surface area contributed by atoms with Crippen molar-refractivity contribution >= 4 is 23.5 Å². The van der Waals surface area contributed by atoms with E-state index in [9.17, 15) is 0 Å². The molecule has 2 nitrogen and oxygen atoms in total. The van der Waals surface area contributed by atoms with Crippen LogP contribution in [-0.2, 0) is 25.7 Å². The van der Waals surface area contributed by atoms with Gasteiger partial charge in [-0.05, 0) is 98.3 Å². The molecule has 0 unspecified atom stereocenters. The molecule has 0 fully saturated rings. The average Bonchev–Trinajstić information content (AvgIpc) is 2.92. The van der Waals surface area contributed by atoms with Crippen molar-refractivity contribution in [2.45, 2.75) is 80.7 Å². The molecule has 0 radical (unpaired) electrons. The molecule has 0 saturated carbocycles. The molecule has 0 aromatic carbocycles. The molecule has 2 aromatic rings. The summed E-state index contributed by atoms with van der Waals surface area (Å²) in [6.07, 6.45) is 18.4. The minimum absolute atomic E-state index is 1.08. The summed E-state index contributed by atoms with van der Waals surface area (Å²) in [5.41, 5.74) is 8.21. The maximum atomic E-state index is 5.09. The van der Waals surface area contributed by atoms with Gasteiger partial charge in [0.1, 0.15) is 0 Å². The van der Waals surface area contributed by atoms with Crippen LogP contribution in [0, 0.1) is 0 Å². The van der Waals surface area contributed by atoms with E-state index in [1.807, 2.05) is 0 Å². The second kappa shape index (κ2) is 9.00. The van der Waals surface area contributed by atoms with E-state index >= 15 is 0 Å². The smallest absolute Gasteiger partial charge is 0.1000 e. The maximum absolute atomic E-state index is 5.09. The van der Waals surface area contributed by atoms with Crippen LogP contribution in [0.4, 0.5) is 0 Å². The lowest BCUT2D eigenvalue weighted by Gasteiger charge is -2.19. The van der Waals surface area contributed by atoms with E-state index < -0.39 is 0 Å². The van der Waals surface area contributed by atoms with Crippen LogP contribution < -0.4 is 0 Å². The zero-order valence-electron chi connectivity index (χ0n) is 16.6. The molecular weight excluding hydrogens is 368 g/mol. The lowest BCUT2D eigenvalue weighted by atomic mass is 9.93. The number of nitrogens with zero attached hydrogens (tertiary/aromatic N) is 2. The van der Waals surface area contributed by atoms with Gasteiger partial charge in [0.15, 0.2) is 0 Å². The Labute approximate surface area is 172 Å². The Morgan fingerprint density at radius 3 is 1.44 bits per heavy atom. The molecule has 0 amide bonds. The molecule has 2 aliphatic rings. The Hall–Kier alpha value is -1.00. The first kappa shape index (κ1) is 19.3. The van der Waals surface area contributed by atoms with Crippen LogP contribution in [0.1, 0.15) is 67.2 Å². The van der Waals surface area contributed by atoms with Gasteiger partial charge in [0, 0.05) is 0 Å². The Morgan fingerprint density at radius 1 is 0.593 bits per heavy atom. The second-order valence-corrected chi connectivity index (χ2v) is 9.37. The van der Waals surface area contributed by atoms with E-state index in [1.54, 1.807) is 23.5 Å². The minimum Gasteiger partial charge on any atom is -0.240 e. The Bertz CT molecular complexity index is 817. The summed E-state index contributed by atoms with van der Waals surface area (Å²) in [4.78, 5) is 10.2. The van der Waals surface area contributed by atoms with Crippen molar-refractivity contribution in [3.05, 3.63) is 34.4 Å². The number of aryl methyl sites for hydroxylation is 2. The van der Waals surface area contributed by atoms with E-state index in [-0.39, 0.29) is 0 Å². The fourth-order valence-corrected chi connectivity index (χ4v) is 5.88. The van der Waals surface area contributed by atoms with Gasteiger partial charge in [-0.1, -0.05) is 19.3 Å². The third kappa shape index (κ3) is 4.22. The summed E-state index contributed by atoms with van der Waals surface area (Å²) in [6, 6.07) is 4.71. The maximum Gasteiger partial charge on any atom is 0.1000 e. The molecule has 0 atom stereocenters. The number of pyridine rings is 2. The monoisotopic (exact) mass is 398 g/mol. The molecule has 2 heterocycles. The number of aromatic nitrogens is 2. The first-order valence-electron chi connectivity index (χ1n) is 10.4. The fourth-order valence-electron chi connectivity index (χ4n) is 4.54. The van der Waals surface area contributed by atoms with Gasteiger partial charge < -0.3 is 0 Å². The molecular formula is C23H30N2S2. The van der Waals surface area contributed by atoms with Gasteiger partial charge in [0.2, 0.25) is 0 Å². The van der Waals surface area contributed by atoms with E-state index in [2.05, 4.69) is 24.6 Å². The number of fused-ring (bicyclic) bond motifs is 2. The second-order valence-electron chi connectivity index (χ2n) is 7.78. The molecule has 0 aliphatic heterocycles. The topological polar surface area (TPSA) is 25.8 Å². The lowest BCUT2D eigenvalue weighted by Crippen LogP contribution is -2.06. The van der Waals surface area contributed by atoms with Gasteiger partial charge in [-0.3, -0.25) is 0 Å². The Balaban J connectivity index is 1.81. The van der Waals surface area contributed by atoms with Crippen LogP contribution in [0.5, 0.6) is 0 Å². The predicted octanol–water partition coefficient (Wildman–Crippen LogP) is 6.52. The molecule has 27 heavy (non-hydrogen) atoms. The van der Waals surface area contributed by atoms with Crippen LogP contribution in [-0.4, -0.2) is 22.5 Å². The number of hydrogen-bond donors (Lipinski definition) is 0. The highest BCUT2D eigenvalue weighted by Gasteiger charge is 2.19. The van der Waals surface area contributed by atoms with Crippen molar-refractivity contribution in [3.63, 3.8) is 0 Å². The largest absolute Gasteiger partial charge is 0.240 e. The Morgan fingerprint density at radius 2 is 1.00 bits per heavy atom. The molecule has 144 valence electrons.